The number of benzene rings is 1. The highest BCUT2D eigenvalue weighted by molar-refractivity contribution is 5.86. The summed E-state index contributed by atoms with van der Waals surface area (Å²) in [4.78, 5) is 23.4. The zero-order valence-electron chi connectivity index (χ0n) is 11.9. The molecule has 1 rings (SSSR count). The predicted octanol–water partition coefficient (Wildman–Crippen LogP) is 3.08. The second-order valence-electron chi connectivity index (χ2n) is 4.00. The van der Waals surface area contributed by atoms with Crippen molar-refractivity contribution in [3.05, 3.63) is 54.1 Å². The van der Waals surface area contributed by atoms with E-state index in [9.17, 15) is 9.59 Å². The number of nitrogens with zero attached hydrogens (tertiary/aromatic N) is 1. The number of rotatable bonds is 5. The zero-order chi connectivity index (χ0) is 15.4. The van der Waals surface area contributed by atoms with Crippen molar-refractivity contribution in [2.24, 2.45) is 4.99 Å². The van der Waals surface area contributed by atoms with Crippen LogP contribution in [0, 0.1) is 6.92 Å². The van der Waals surface area contributed by atoms with E-state index >= 15 is 0 Å². The van der Waals surface area contributed by atoms with Gasteiger partial charge in [-0.2, -0.15) is 0 Å². The third-order valence-corrected chi connectivity index (χ3v) is 2.16. The van der Waals surface area contributed by atoms with Crippen molar-refractivity contribution in [3.63, 3.8) is 0 Å². The van der Waals surface area contributed by atoms with Crippen molar-refractivity contribution in [3.8, 4) is 0 Å². The largest absolute Gasteiger partial charge is 0.460 e. The maximum atomic E-state index is 10.6. The number of ether oxygens (including phenoxy) is 1. The number of isocyanates is 1. The Kier molecular flexibility index (Phi) is 9.19. The third kappa shape index (κ3) is 8.61. The van der Waals surface area contributed by atoms with Gasteiger partial charge in [-0.25, -0.2) is 14.6 Å². The Labute approximate surface area is 119 Å². The van der Waals surface area contributed by atoms with Crippen LogP contribution in [-0.4, -0.2) is 25.2 Å². The number of esters is 1. The van der Waals surface area contributed by atoms with Crippen LogP contribution >= 0.6 is 0 Å². The quantitative estimate of drug-likeness (QED) is 0.272. The average Bonchev–Trinajstić information content (AvgIpc) is 2.45. The van der Waals surface area contributed by atoms with Crippen LogP contribution in [0.25, 0.3) is 6.08 Å². The first-order chi connectivity index (χ1) is 9.51. The first-order valence-corrected chi connectivity index (χ1v) is 6.06. The molecule has 0 saturated carbocycles. The molecule has 1 aromatic carbocycles. The molecule has 0 radical (unpaired) electrons. The summed E-state index contributed by atoms with van der Waals surface area (Å²) in [6.07, 6.45) is 3.18. The monoisotopic (exact) mass is 273 g/mol. The van der Waals surface area contributed by atoms with Crippen LogP contribution < -0.4 is 0 Å². The normalized spacial score (nSPS) is 8.50. The van der Waals surface area contributed by atoms with Crippen LogP contribution in [0.5, 0.6) is 0 Å². The lowest BCUT2D eigenvalue weighted by molar-refractivity contribution is -0.138. The van der Waals surface area contributed by atoms with Gasteiger partial charge in [-0.3, -0.25) is 0 Å². The first kappa shape index (κ1) is 17.6. The van der Waals surface area contributed by atoms with E-state index in [-0.39, 0.29) is 13.2 Å². The Morgan fingerprint density at radius 1 is 1.40 bits per heavy atom. The van der Waals surface area contributed by atoms with E-state index in [1.54, 1.807) is 6.92 Å². The standard InChI is InChI=1S/C9H10.C7H9NO3/c1-3-9-6-4-8(2)5-7-9;1-6(2)7(10)11-4-3-8-5-9/h3-7H,1H2,2H3;1,3-4H2,2H3. The Balaban J connectivity index is 0.000000367. The third-order valence-electron chi connectivity index (χ3n) is 2.16. The van der Waals surface area contributed by atoms with Gasteiger partial charge in [0.25, 0.3) is 0 Å². The minimum atomic E-state index is -0.467. The molecule has 0 N–H and O–H groups in total. The lowest BCUT2D eigenvalue weighted by atomic mass is 10.2. The fourth-order valence-corrected chi connectivity index (χ4v) is 1.06. The lowest BCUT2D eigenvalue weighted by Crippen LogP contribution is -2.07. The van der Waals surface area contributed by atoms with Gasteiger partial charge in [0, 0.05) is 5.57 Å². The maximum Gasteiger partial charge on any atom is 0.333 e. The van der Waals surface area contributed by atoms with Gasteiger partial charge in [-0.15, -0.1) is 0 Å². The summed E-state index contributed by atoms with van der Waals surface area (Å²) in [6.45, 7) is 10.9. The molecule has 106 valence electrons. The summed E-state index contributed by atoms with van der Waals surface area (Å²) >= 11 is 0. The summed E-state index contributed by atoms with van der Waals surface area (Å²) in [5.74, 6) is -0.467. The summed E-state index contributed by atoms with van der Waals surface area (Å²) < 4.78 is 4.59. The molecule has 20 heavy (non-hydrogen) atoms. The second-order valence-corrected chi connectivity index (χ2v) is 4.00. The summed E-state index contributed by atoms with van der Waals surface area (Å²) in [7, 11) is 0. The van der Waals surface area contributed by atoms with Crippen molar-refractivity contribution in [2.45, 2.75) is 13.8 Å². The minimum absolute atomic E-state index is 0.0981. The number of carbonyl (C=O) groups is 1. The van der Waals surface area contributed by atoms with Crippen LogP contribution in [0.2, 0.25) is 0 Å². The fraction of sp³-hybridized carbons (Fsp3) is 0.250. The molecule has 0 spiro atoms. The summed E-state index contributed by atoms with van der Waals surface area (Å²) in [6, 6.07) is 8.28. The van der Waals surface area contributed by atoms with Crippen LogP contribution in [-0.2, 0) is 14.3 Å². The zero-order valence-corrected chi connectivity index (χ0v) is 11.9. The molecule has 0 aliphatic rings. The van der Waals surface area contributed by atoms with Crippen molar-refractivity contribution in [2.75, 3.05) is 13.2 Å². The fourth-order valence-electron chi connectivity index (χ4n) is 1.06. The van der Waals surface area contributed by atoms with Crippen molar-refractivity contribution < 1.29 is 14.3 Å². The van der Waals surface area contributed by atoms with Crippen LogP contribution in [0.15, 0.2) is 48.0 Å². The number of hydrogen-bond donors (Lipinski definition) is 0. The van der Waals surface area contributed by atoms with Crippen LogP contribution in [0.1, 0.15) is 18.1 Å². The Hall–Kier alpha value is -2.45. The molecule has 0 unspecified atom stereocenters. The molecule has 0 saturated heterocycles. The molecule has 0 aromatic heterocycles. The summed E-state index contributed by atoms with van der Waals surface area (Å²) in [5, 5.41) is 0. The highest BCUT2D eigenvalue weighted by Crippen LogP contribution is 2.02. The van der Waals surface area contributed by atoms with E-state index in [0.717, 1.165) is 0 Å². The van der Waals surface area contributed by atoms with E-state index in [0.29, 0.717) is 5.57 Å². The topological polar surface area (TPSA) is 55.7 Å². The summed E-state index contributed by atoms with van der Waals surface area (Å²) in [5.41, 5.74) is 2.81. The van der Waals surface area contributed by atoms with Crippen molar-refractivity contribution >= 4 is 18.1 Å². The molecule has 4 heteroatoms. The van der Waals surface area contributed by atoms with E-state index in [4.69, 9.17) is 0 Å². The van der Waals surface area contributed by atoms with E-state index in [1.165, 1.54) is 17.2 Å². The second kappa shape index (κ2) is 10.5. The Bertz CT molecular complexity index is 497. The molecule has 0 heterocycles. The number of hydrogen-bond acceptors (Lipinski definition) is 4. The van der Waals surface area contributed by atoms with Crippen LogP contribution in [0.4, 0.5) is 0 Å². The van der Waals surface area contributed by atoms with E-state index in [1.807, 2.05) is 6.08 Å². The van der Waals surface area contributed by atoms with E-state index in [2.05, 4.69) is 54.1 Å². The SMILES string of the molecule is C=C(C)C(=O)OCCN=C=O.C=Cc1ccc(C)cc1. The smallest absolute Gasteiger partial charge is 0.333 e. The number of aryl methyl sites for hydroxylation is 1. The van der Waals surface area contributed by atoms with Gasteiger partial charge >= 0.3 is 5.97 Å². The first-order valence-electron chi connectivity index (χ1n) is 6.06. The molecule has 0 amide bonds. The van der Waals surface area contributed by atoms with Gasteiger partial charge in [-0.1, -0.05) is 49.1 Å². The van der Waals surface area contributed by atoms with Crippen molar-refractivity contribution in [1.29, 1.82) is 0 Å². The van der Waals surface area contributed by atoms with Gasteiger partial charge in [0.1, 0.15) is 6.61 Å². The molecule has 0 atom stereocenters. The molecule has 0 fully saturated rings. The Morgan fingerprint density at radius 3 is 2.45 bits per heavy atom. The Morgan fingerprint density at radius 2 is 2.00 bits per heavy atom. The molecule has 1 aromatic rings. The lowest BCUT2D eigenvalue weighted by Gasteiger charge is -1.99. The number of carbonyl (C=O) groups excluding carboxylic acids is 2. The highest BCUT2D eigenvalue weighted by atomic mass is 16.5. The number of aliphatic imine (C=N–C) groups is 1. The van der Waals surface area contributed by atoms with Gasteiger partial charge in [0.2, 0.25) is 6.08 Å². The molecule has 4 nitrogen and oxygen atoms in total. The van der Waals surface area contributed by atoms with E-state index < -0.39 is 5.97 Å². The molecular weight excluding hydrogens is 254 g/mol. The minimum Gasteiger partial charge on any atom is -0.460 e. The van der Waals surface area contributed by atoms with Crippen LogP contribution in [0.3, 0.4) is 0 Å². The predicted molar refractivity (Wildman–Crippen MR) is 80.0 cm³/mol. The average molecular weight is 273 g/mol. The molecule has 0 aliphatic heterocycles. The molecular formula is C16H19NO3. The molecule has 0 aliphatic carbocycles. The maximum absolute atomic E-state index is 10.6. The van der Waals surface area contributed by atoms with Gasteiger partial charge < -0.3 is 4.74 Å². The highest BCUT2D eigenvalue weighted by Gasteiger charge is 2.00. The van der Waals surface area contributed by atoms with Crippen molar-refractivity contribution in [1.82, 2.24) is 0 Å². The van der Waals surface area contributed by atoms with Gasteiger partial charge in [-0.05, 0) is 19.4 Å². The van der Waals surface area contributed by atoms with Gasteiger partial charge in [0.05, 0.1) is 6.54 Å². The van der Waals surface area contributed by atoms with Gasteiger partial charge in [0.15, 0.2) is 0 Å². The molecule has 0 bridgehead atoms.